The van der Waals surface area contributed by atoms with E-state index >= 15 is 0 Å². The largest absolute Gasteiger partial charge is 0.462 e. The van der Waals surface area contributed by atoms with E-state index in [2.05, 4.69) is 13.8 Å². The number of hydrogen-bond donors (Lipinski definition) is 0. The summed E-state index contributed by atoms with van der Waals surface area (Å²) in [6, 6.07) is 4.70. The third-order valence-electron chi connectivity index (χ3n) is 5.03. The molecule has 0 N–H and O–H groups in total. The lowest BCUT2D eigenvalue weighted by atomic mass is 9.82. The molecule has 0 bridgehead atoms. The third-order valence-corrected chi connectivity index (χ3v) is 5.03. The molecule has 0 saturated heterocycles. The quantitative estimate of drug-likeness (QED) is 0.509. The van der Waals surface area contributed by atoms with Crippen LogP contribution in [0.5, 0.6) is 0 Å². The molecule has 0 heterocycles. The van der Waals surface area contributed by atoms with Gasteiger partial charge in [0.1, 0.15) is 17.5 Å². The summed E-state index contributed by atoms with van der Waals surface area (Å²) in [6.45, 7) is 17.0. The molecule has 0 radical (unpaired) electrons. The third kappa shape index (κ3) is 7.79. The van der Waals surface area contributed by atoms with Crippen LogP contribution in [0, 0.1) is 30.5 Å². The van der Waals surface area contributed by atoms with Gasteiger partial charge in [-0.25, -0.2) is 4.39 Å². The van der Waals surface area contributed by atoms with Gasteiger partial charge in [0.15, 0.2) is 0 Å². The van der Waals surface area contributed by atoms with Gasteiger partial charge < -0.3 is 9.47 Å². The molecule has 0 saturated carbocycles. The molecule has 29 heavy (non-hydrogen) atoms. The van der Waals surface area contributed by atoms with Crippen LogP contribution in [0.15, 0.2) is 18.2 Å². The van der Waals surface area contributed by atoms with Crippen molar-refractivity contribution in [1.82, 2.24) is 0 Å². The molecule has 0 spiro atoms. The highest BCUT2D eigenvalue weighted by Gasteiger charge is 2.33. The highest BCUT2D eigenvalue weighted by molar-refractivity contribution is 5.80. The summed E-state index contributed by atoms with van der Waals surface area (Å²) in [5.74, 6) is -1.61. The van der Waals surface area contributed by atoms with Gasteiger partial charge in [-0.1, -0.05) is 33.8 Å². The van der Waals surface area contributed by atoms with Crippen LogP contribution in [-0.4, -0.2) is 23.6 Å². The van der Waals surface area contributed by atoms with Crippen LogP contribution in [0.1, 0.15) is 78.9 Å². The van der Waals surface area contributed by atoms with Crippen LogP contribution in [0.4, 0.5) is 4.39 Å². The van der Waals surface area contributed by atoms with Gasteiger partial charge in [0.2, 0.25) is 0 Å². The fraction of sp³-hybridized carbons (Fsp3) is 0.667. The summed E-state index contributed by atoms with van der Waals surface area (Å²) in [4.78, 5) is 25.1. The zero-order valence-electron chi connectivity index (χ0n) is 19.3. The van der Waals surface area contributed by atoms with Gasteiger partial charge in [-0.2, -0.15) is 0 Å². The monoisotopic (exact) mass is 408 g/mol. The van der Waals surface area contributed by atoms with Gasteiger partial charge in [-0.3, -0.25) is 9.59 Å². The molecule has 0 aliphatic carbocycles. The van der Waals surface area contributed by atoms with E-state index in [-0.39, 0.29) is 30.0 Å². The number of esters is 2. The highest BCUT2D eigenvalue weighted by Crippen LogP contribution is 2.33. The van der Waals surface area contributed by atoms with Gasteiger partial charge in [0, 0.05) is 5.92 Å². The highest BCUT2D eigenvalue weighted by atomic mass is 19.1. The number of carbonyl (C=O) groups is 2. The summed E-state index contributed by atoms with van der Waals surface area (Å²) < 4.78 is 24.7. The van der Waals surface area contributed by atoms with Crippen LogP contribution in [0.3, 0.4) is 0 Å². The average Bonchev–Trinajstić information content (AvgIpc) is 2.52. The molecule has 5 heteroatoms. The number of hydrogen-bond acceptors (Lipinski definition) is 4. The Bertz CT molecular complexity index is 703. The second kappa shape index (κ2) is 10.2. The van der Waals surface area contributed by atoms with Crippen molar-refractivity contribution in [1.29, 1.82) is 0 Å². The minimum absolute atomic E-state index is 0.0115. The van der Waals surface area contributed by atoms with E-state index in [4.69, 9.17) is 9.47 Å². The molecule has 0 amide bonds. The Hall–Kier alpha value is -1.91. The number of aryl methyl sites for hydroxylation is 1. The maximum atomic E-state index is 13.5. The summed E-state index contributed by atoms with van der Waals surface area (Å²) >= 11 is 0. The molecule has 1 aromatic carbocycles. The van der Waals surface area contributed by atoms with Gasteiger partial charge in [0.25, 0.3) is 0 Å². The minimum atomic E-state index is -0.599. The van der Waals surface area contributed by atoms with Crippen molar-refractivity contribution in [2.45, 2.75) is 86.4 Å². The smallest absolute Gasteiger partial charge is 0.310 e. The van der Waals surface area contributed by atoms with Crippen molar-refractivity contribution in [3.8, 4) is 0 Å². The topological polar surface area (TPSA) is 52.6 Å². The zero-order valence-corrected chi connectivity index (χ0v) is 19.3. The number of benzene rings is 1. The fourth-order valence-electron chi connectivity index (χ4n) is 3.66. The number of carbonyl (C=O) groups excluding carboxylic acids is 2. The average molecular weight is 409 g/mol. The van der Waals surface area contributed by atoms with Crippen molar-refractivity contribution in [2.24, 2.45) is 17.8 Å². The molecule has 1 aromatic rings. The Labute approximate surface area is 175 Å². The molecule has 3 atom stereocenters. The Kier molecular flexibility index (Phi) is 8.85. The molecular formula is C24H37FO4. The second-order valence-electron chi connectivity index (χ2n) is 9.55. The van der Waals surface area contributed by atoms with E-state index < -0.39 is 29.6 Å². The molecule has 0 unspecified atom stereocenters. The fourth-order valence-corrected chi connectivity index (χ4v) is 3.66. The molecular weight excluding hydrogens is 371 g/mol. The van der Waals surface area contributed by atoms with Crippen molar-refractivity contribution >= 4 is 11.9 Å². The Morgan fingerprint density at radius 3 is 2.07 bits per heavy atom. The van der Waals surface area contributed by atoms with Crippen LogP contribution < -0.4 is 0 Å². The lowest BCUT2D eigenvalue weighted by Crippen LogP contribution is -2.34. The van der Waals surface area contributed by atoms with Crippen LogP contribution in [0.2, 0.25) is 0 Å². The first kappa shape index (κ1) is 25.1. The molecule has 0 aromatic heterocycles. The molecule has 0 aliphatic heterocycles. The van der Waals surface area contributed by atoms with E-state index in [1.165, 1.54) is 12.1 Å². The van der Waals surface area contributed by atoms with E-state index in [0.717, 1.165) is 11.1 Å². The van der Waals surface area contributed by atoms with Crippen LogP contribution >= 0.6 is 0 Å². The van der Waals surface area contributed by atoms with Gasteiger partial charge >= 0.3 is 11.9 Å². The van der Waals surface area contributed by atoms with Gasteiger partial charge in [-0.05, 0) is 69.7 Å². The predicted octanol–water partition coefficient (Wildman–Crippen LogP) is 5.81. The number of rotatable bonds is 8. The van der Waals surface area contributed by atoms with Crippen molar-refractivity contribution in [3.05, 3.63) is 35.1 Å². The lowest BCUT2D eigenvalue weighted by Gasteiger charge is -2.31. The Balaban J connectivity index is 2.97. The second-order valence-corrected chi connectivity index (χ2v) is 9.55. The summed E-state index contributed by atoms with van der Waals surface area (Å²) in [7, 11) is 0. The predicted molar refractivity (Wildman–Crippen MR) is 113 cm³/mol. The number of halogens is 1. The Morgan fingerprint density at radius 1 is 1.03 bits per heavy atom. The minimum Gasteiger partial charge on any atom is -0.462 e. The normalized spacial score (nSPS) is 15.2. The lowest BCUT2D eigenvalue weighted by molar-refractivity contribution is -0.165. The summed E-state index contributed by atoms with van der Waals surface area (Å²) in [5.41, 5.74) is 1.20. The van der Waals surface area contributed by atoms with Crippen LogP contribution in [0.25, 0.3) is 0 Å². The molecule has 4 nitrogen and oxygen atoms in total. The maximum absolute atomic E-state index is 13.5. The van der Waals surface area contributed by atoms with E-state index in [1.54, 1.807) is 26.8 Å². The molecule has 1 rings (SSSR count). The van der Waals surface area contributed by atoms with Gasteiger partial charge in [0.05, 0.1) is 12.3 Å². The molecule has 0 fully saturated rings. The van der Waals surface area contributed by atoms with Gasteiger partial charge in [-0.15, -0.1) is 0 Å². The first-order chi connectivity index (χ1) is 13.2. The SMILES string of the molecule is Cc1cc(F)ccc1[C@H](C(C)C)[C@H](C)OC(=O)[C@@H](CC(=O)OC(C)(C)C)C(C)C. The van der Waals surface area contributed by atoms with Crippen molar-refractivity contribution in [3.63, 3.8) is 0 Å². The first-order valence-corrected chi connectivity index (χ1v) is 10.4. The van der Waals surface area contributed by atoms with E-state index in [0.29, 0.717) is 0 Å². The standard InChI is InChI=1S/C24H37FO4/c1-14(2)20(13-21(26)29-24(7,8)9)23(27)28-17(6)22(15(3)4)19-11-10-18(25)12-16(19)5/h10-12,14-15,17,20,22H,13H2,1-9H3/t17-,20-,22+/m0/s1. The maximum Gasteiger partial charge on any atom is 0.310 e. The van der Waals surface area contributed by atoms with E-state index in [9.17, 15) is 14.0 Å². The van der Waals surface area contributed by atoms with Crippen molar-refractivity contribution in [2.75, 3.05) is 0 Å². The van der Waals surface area contributed by atoms with E-state index in [1.807, 2.05) is 27.7 Å². The van der Waals surface area contributed by atoms with Crippen LogP contribution in [-0.2, 0) is 19.1 Å². The zero-order chi connectivity index (χ0) is 22.5. The Morgan fingerprint density at radius 2 is 1.62 bits per heavy atom. The summed E-state index contributed by atoms with van der Waals surface area (Å²) in [6.07, 6.45) is -0.422. The first-order valence-electron chi connectivity index (χ1n) is 10.4. The summed E-state index contributed by atoms with van der Waals surface area (Å²) in [5, 5.41) is 0. The molecule has 0 aliphatic rings. The number of ether oxygens (including phenoxy) is 2. The van der Waals surface area contributed by atoms with Crippen molar-refractivity contribution < 1.29 is 23.5 Å². The molecule has 164 valence electrons.